The van der Waals surface area contributed by atoms with Crippen molar-refractivity contribution in [1.82, 2.24) is 0 Å². The van der Waals surface area contributed by atoms with Crippen molar-refractivity contribution >= 4 is 23.3 Å². The number of aromatic carboxylic acids is 1. The molecule has 1 atom stereocenters. The minimum Gasteiger partial charge on any atom is -0.478 e. The summed E-state index contributed by atoms with van der Waals surface area (Å²) in [7, 11) is 1.81. The van der Waals surface area contributed by atoms with Crippen LogP contribution in [-0.4, -0.2) is 18.1 Å². The molecule has 0 spiro atoms. The average Bonchev–Trinajstić information content (AvgIpc) is 2.45. The van der Waals surface area contributed by atoms with Gasteiger partial charge in [-0.05, 0) is 36.8 Å². The summed E-state index contributed by atoms with van der Waals surface area (Å²) < 4.78 is 13.8. The molecule has 2 rings (SSSR count). The Bertz CT molecular complexity index is 675. The highest BCUT2D eigenvalue weighted by Gasteiger charge is 2.17. The van der Waals surface area contributed by atoms with Crippen molar-refractivity contribution in [3.8, 4) is 0 Å². The van der Waals surface area contributed by atoms with Gasteiger partial charge in [0.15, 0.2) is 0 Å². The van der Waals surface area contributed by atoms with Crippen LogP contribution in [0.1, 0.15) is 28.9 Å². The SMILES string of the molecule is CC(c1ccccc1Cl)N(C)c1ccc(C(=O)O)c(F)c1. The zero-order valence-corrected chi connectivity index (χ0v) is 12.4. The molecule has 0 aliphatic carbocycles. The number of benzene rings is 2. The normalized spacial score (nSPS) is 12.0. The molecular formula is C16H15ClFNO2. The van der Waals surface area contributed by atoms with E-state index in [1.807, 2.05) is 37.1 Å². The van der Waals surface area contributed by atoms with Gasteiger partial charge in [0.05, 0.1) is 11.6 Å². The number of carboxylic acid groups (broad SMARTS) is 1. The zero-order chi connectivity index (χ0) is 15.6. The molecule has 21 heavy (non-hydrogen) atoms. The number of rotatable bonds is 4. The summed E-state index contributed by atoms with van der Waals surface area (Å²) in [5.41, 5.74) is 1.17. The van der Waals surface area contributed by atoms with Crippen LogP contribution in [0, 0.1) is 5.82 Å². The third-order valence-electron chi connectivity index (χ3n) is 3.53. The molecule has 1 N–H and O–H groups in total. The van der Waals surface area contributed by atoms with Crippen molar-refractivity contribution in [3.63, 3.8) is 0 Å². The summed E-state index contributed by atoms with van der Waals surface area (Å²) in [6.07, 6.45) is 0. The fourth-order valence-electron chi connectivity index (χ4n) is 2.14. The number of anilines is 1. The van der Waals surface area contributed by atoms with Crippen LogP contribution in [0.2, 0.25) is 5.02 Å². The van der Waals surface area contributed by atoms with Crippen LogP contribution in [0.25, 0.3) is 0 Å². The molecule has 0 aliphatic rings. The van der Waals surface area contributed by atoms with Gasteiger partial charge >= 0.3 is 5.97 Å². The molecule has 0 amide bonds. The Morgan fingerprint density at radius 3 is 2.52 bits per heavy atom. The van der Waals surface area contributed by atoms with Gasteiger partial charge in [0.25, 0.3) is 0 Å². The Morgan fingerprint density at radius 2 is 1.95 bits per heavy atom. The van der Waals surface area contributed by atoms with Gasteiger partial charge in [-0.25, -0.2) is 9.18 Å². The molecule has 0 fully saturated rings. The van der Waals surface area contributed by atoms with Gasteiger partial charge < -0.3 is 10.0 Å². The second-order valence-corrected chi connectivity index (χ2v) is 5.18. The minimum atomic E-state index is -1.28. The first-order chi connectivity index (χ1) is 9.91. The molecule has 0 bridgehead atoms. The monoisotopic (exact) mass is 307 g/mol. The summed E-state index contributed by atoms with van der Waals surface area (Å²) in [6, 6.07) is 11.4. The van der Waals surface area contributed by atoms with Gasteiger partial charge in [-0.2, -0.15) is 0 Å². The summed E-state index contributed by atoms with van der Waals surface area (Å²) in [5.74, 6) is -2.03. The molecule has 110 valence electrons. The van der Waals surface area contributed by atoms with Crippen molar-refractivity contribution in [3.05, 3.63) is 64.4 Å². The molecule has 0 heterocycles. The number of carboxylic acids is 1. The molecule has 0 aromatic heterocycles. The van der Waals surface area contributed by atoms with Gasteiger partial charge in [0, 0.05) is 17.8 Å². The Kier molecular flexibility index (Phi) is 4.48. The molecule has 1 unspecified atom stereocenters. The van der Waals surface area contributed by atoms with Gasteiger partial charge in [-0.15, -0.1) is 0 Å². The molecule has 0 radical (unpaired) electrons. The Morgan fingerprint density at radius 1 is 1.29 bits per heavy atom. The highest BCUT2D eigenvalue weighted by molar-refractivity contribution is 6.31. The van der Waals surface area contributed by atoms with Gasteiger partial charge in [-0.3, -0.25) is 0 Å². The van der Waals surface area contributed by atoms with Crippen molar-refractivity contribution in [2.75, 3.05) is 11.9 Å². The summed E-state index contributed by atoms with van der Waals surface area (Å²) in [5, 5.41) is 9.49. The highest BCUT2D eigenvalue weighted by Crippen LogP contribution is 2.30. The Balaban J connectivity index is 2.32. The van der Waals surface area contributed by atoms with Crippen LogP contribution in [-0.2, 0) is 0 Å². The predicted molar refractivity (Wildman–Crippen MR) is 81.6 cm³/mol. The van der Waals surface area contributed by atoms with E-state index in [2.05, 4.69) is 0 Å². The summed E-state index contributed by atoms with van der Waals surface area (Å²) in [4.78, 5) is 12.7. The van der Waals surface area contributed by atoms with E-state index in [0.29, 0.717) is 10.7 Å². The van der Waals surface area contributed by atoms with Crippen LogP contribution in [0.5, 0.6) is 0 Å². The molecule has 3 nitrogen and oxygen atoms in total. The van der Waals surface area contributed by atoms with E-state index < -0.39 is 11.8 Å². The van der Waals surface area contributed by atoms with Crippen molar-refractivity contribution in [2.24, 2.45) is 0 Å². The first kappa shape index (κ1) is 15.3. The molecule has 0 saturated heterocycles. The fraction of sp³-hybridized carbons (Fsp3) is 0.188. The molecule has 2 aromatic carbocycles. The topological polar surface area (TPSA) is 40.5 Å². The number of halogens is 2. The second-order valence-electron chi connectivity index (χ2n) is 4.78. The quantitative estimate of drug-likeness (QED) is 0.911. The first-order valence-corrected chi connectivity index (χ1v) is 6.79. The zero-order valence-electron chi connectivity index (χ0n) is 11.7. The van der Waals surface area contributed by atoms with E-state index in [0.717, 1.165) is 5.56 Å². The molecule has 2 aromatic rings. The maximum atomic E-state index is 13.8. The van der Waals surface area contributed by atoms with Crippen LogP contribution in [0.4, 0.5) is 10.1 Å². The lowest BCUT2D eigenvalue weighted by Crippen LogP contribution is -2.22. The number of carbonyl (C=O) groups is 1. The van der Waals surface area contributed by atoms with Crippen molar-refractivity contribution < 1.29 is 14.3 Å². The van der Waals surface area contributed by atoms with E-state index in [1.165, 1.54) is 12.1 Å². The van der Waals surface area contributed by atoms with Crippen molar-refractivity contribution in [1.29, 1.82) is 0 Å². The third kappa shape index (κ3) is 3.16. The second kappa shape index (κ2) is 6.14. The number of hydrogen-bond donors (Lipinski definition) is 1. The van der Waals surface area contributed by atoms with E-state index in [9.17, 15) is 9.18 Å². The molecule has 0 saturated carbocycles. The summed E-state index contributed by atoms with van der Waals surface area (Å²) in [6.45, 7) is 1.95. The van der Waals surface area contributed by atoms with E-state index in [1.54, 1.807) is 12.1 Å². The van der Waals surface area contributed by atoms with E-state index >= 15 is 0 Å². The van der Waals surface area contributed by atoms with E-state index in [4.69, 9.17) is 16.7 Å². The first-order valence-electron chi connectivity index (χ1n) is 6.42. The highest BCUT2D eigenvalue weighted by atomic mass is 35.5. The average molecular weight is 308 g/mol. The van der Waals surface area contributed by atoms with E-state index in [-0.39, 0.29) is 11.6 Å². The van der Waals surface area contributed by atoms with Crippen LogP contribution in [0.15, 0.2) is 42.5 Å². The van der Waals surface area contributed by atoms with Gasteiger partial charge in [0.1, 0.15) is 5.82 Å². The van der Waals surface area contributed by atoms with Crippen LogP contribution >= 0.6 is 11.6 Å². The molecule has 5 heteroatoms. The predicted octanol–water partition coefficient (Wildman–Crippen LogP) is 4.37. The van der Waals surface area contributed by atoms with Crippen LogP contribution < -0.4 is 4.90 Å². The molecular weight excluding hydrogens is 293 g/mol. The maximum absolute atomic E-state index is 13.8. The maximum Gasteiger partial charge on any atom is 0.338 e. The minimum absolute atomic E-state index is 0.0752. The Hall–Kier alpha value is -2.07. The van der Waals surface area contributed by atoms with Gasteiger partial charge in [-0.1, -0.05) is 29.8 Å². The fourth-order valence-corrected chi connectivity index (χ4v) is 2.44. The van der Waals surface area contributed by atoms with Gasteiger partial charge in [0.2, 0.25) is 0 Å². The molecule has 0 aliphatic heterocycles. The third-order valence-corrected chi connectivity index (χ3v) is 3.87. The van der Waals surface area contributed by atoms with Crippen molar-refractivity contribution in [2.45, 2.75) is 13.0 Å². The summed E-state index contributed by atoms with van der Waals surface area (Å²) >= 11 is 6.17. The standard InChI is InChI=1S/C16H15ClFNO2/c1-10(12-5-3-4-6-14(12)17)19(2)11-7-8-13(16(20)21)15(18)9-11/h3-10H,1-2H3,(H,20,21). The number of hydrogen-bond acceptors (Lipinski definition) is 2. The lowest BCUT2D eigenvalue weighted by atomic mass is 10.1. The largest absolute Gasteiger partial charge is 0.478 e. The smallest absolute Gasteiger partial charge is 0.338 e. The lowest BCUT2D eigenvalue weighted by molar-refractivity contribution is 0.0692. The lowest BCUT2D eigenvalue weighted by Gasteiger charge is -2.28. The Labute approximate surface area is 127 Å². The van der Waals surface area contributed by atoms with Crippen LogP contribution in [0.3, 0.4) is 0 Å². The number of nitrogens with zero attached hydrogens (tertiary/aromatic N) is 1.